The van der Waals surface area contributed by atoms with E-state index in [9.17, 15) is 4.79 Å². The summed E-state index contributed by atoms with van der Waals surface area (Å²) >= 11 is 0. The lowest BCUT2D eigenvalue weighted by molar-refractivity contribution is 0.0329. The first kappa shape index (κ1) is 11.7. The summed E-state index contributed by atoms with van der Waals surface area (Å²) in [6, 6.07) is 15.8. The van der Waals surface area contributed by atoms with E-state index in [1.54, 1.807) is 0 Å². The second kappa shape index (κ2) is 4.74. The molecule has 1 aliphatic rings. The molecular formula is C15H14N2O2. The van der Waals surface area contributed by atoms with Gasteiger partial charge in [0.25, 0.3) is 0 Å². The molecule has 0 radical (unpaired) electrons. The Hall–Kier alpha value is -2.33. The fourth-order valence-electron chi connectivity index (χ4n) is 2.15. The number of benzene rings is 2. The van der Waals surface area contributed by atoms with Gasteiger partial charge < -0.3 is 5.32 Å². The average Bonchev–Trinajstić information content (AvgIpc) is 2.86. The Morgan fingerprint density at radius 2 is 1.79 bits per heavy atom. The second-order valence-corrected chi connectivity index (χ2v) is 4.53. The number of amides is 2. The van der Waals surface area contributed by atoms with Crippen LogP contribution in [0.5, 0.6) is 0 Å². The minimum Gasteiger partial charge on any atom is -0.305 e. The topological polar surface area (TPSA) is 50.4 Å². The van der Waals surface area contributed by atoms with Crippen LogP contribution in [0.4, 0.5) is 4.79 Å². The summed E-state index contributed by atoms with van der Waals surface area (Å²) in [6.45, 7) is 2.06. The number of hydrogen-bond acceptors (Lipinski definition) is 2. The number of nitrogens with one attached hydrogen (secondary N) is 2. The summed E-state index contributed by atoms with van der Waals surface area (Å²) in [5.74, 6) is 0. The van der Waals surface area contributed by atoms with E-state index in [0.717, 1.165) is 16.7 Å². The van der Waals surface area contributed by atoms with Gasteiger partial charge in [-0.15, -0.1) is 0 Å². The zero-order valence-electron chi connectivity index (χ0n) is 10.5. The van der Waals surface area contributed by atoms with Crippen molar-refractivity contribution in [3.05, 3.63) is 59.7 Å². The van der Waals surface area contributed by atoms with Gasteiger partial charge in [-0.2, -0.15) is 0 Å². The van der Waals surface area contributed by atoms with Crippen molar-refractivity contribution in [2.45, 2.75) is 13.2 Å². The lowest BCUT2D eigenvalue weighted by atomic mass is 9.98. The number of hydrogen-bond donors (Lipinski definition) is 2. The molecule has 1 fully saturated rings. The maximum absolute atomic E-state index is 11.2. The number of urea groups is 1. The molecule has 2 aromatic carbocycles. The van der Waals surface area contributed by atoms with Gasteiger partial charge in [-0.3, -0.25) is 0 Å². The monoisotopic (exact) mass is 254 g/mol. The lowest BCUT2D eigenvalue weighted by Gasteiger charge is -2.14. The molecule has 1 aliphatic heterocycles. The van der Waals surface area contributed by atoms with Gasteiger partial charge in [0.15, 0.2) is 6.23 Å². The van der Waals surface area contributed by atoms with Crippen LogP contribution in [0, 0.1) is 6.92 Å². The minimum absolute atomic E-state index is 0.316. The third-order valence-corrected chi connectivity index (χ3v) is 3.14. The third kappa shape index (κ3) is 2.30. The van der Waals surface area contributed by atoms with Crippen molar-refractivity contribution in [1.29, 1.82) is 0 Å². The molecule has 3 rings (SSSR count). The highest BCUT2D eigenvalue weighted by molar-refractivity contribution is 5.76. The molecule has 96 valence electrons. The van der Waals surface area contributed by atoms with E-state index in [1.165, 1.54) is 5.56 Å². The summed E-state index contributed by atoms with van der Waals surface area (Å²) in [5.41, 5.74) is 6.61. The molecule has 4 nitrogen and oxygen atoms in total. The first-order chi connectivity index (χ1) is 9.24. The Morgan fingerprint density at radius 1 is 1.05 bits per heavy atom. The van der Waals surface area contributed by atoms with E-state index in [0.29, 0.717) is 0 Å². The maximum atomic E-state index is 11.2. The molecule has 0 aliphatic carbocycles. The van der Waals surface area contributed by atoms with Gasteiger partial charge in [-0.25, -0.2) is 15.1 Å². The highest BCUT2D eigenvalue weighted by Crippen LogP contribution is 2.29. The normalized spacial score (nSPS) is 17.9. The van der Waals surface area contributed by atoms with Crippen molar-refractivity contribution in [2.75, 3.05) is 0 Å². The Kier molecular flexibility index (Phi) is 2.93. The lowest BCUT2D eigenvalue weighted by Crippen LogP contribution is -2.21. The Labute approximate surface area is 111 Å². The number of rotatable bonds is 2. The van der Waals surface area contributed by atoms with E-state index < -0.39 is 6.23 Å². The van der Waals surface area contributed by atoms with Crippen molar-refractivity contribution >= 4 is 6.03 Å². The summed E-state index contributed by atoms with van der Waals surface area (Å²) in [7, 11) is 0. The molecule has 0 bridgehead atoms. The molecule has 0 spiro atoms. The molecule has 2 amide bonds. The van der Waals surface area contributed by atoms with Crippen LogP contribution in [0.1, 0.15) is 17.4 Å². The molecular weight excluding hydrogens is 240 g/mol. The minimum atomic E-state index is -0.454. The zero-order valence-corrected chi connectivity index (χ0v) is 10.5. The highest BCUT2D eigenvalue weighted by Gasteiger charge is 2.25. The molecule has 1 heterocycles. The summed E-state index contributed by atoms with van der Waals surface area (Å²) in [5, 5.41) is 2.72. The Bertz CT molecular complexity index is 608. The predicted molar refractivity (Wildman–Crippen MR) is 72.1 cm³/mol. The fraction of sp³-hybridized carbons (Fsp3) is 0.133. The third-order valence-electron chi connectivity index (χ3n) is 3.14. The molecule has 1 saturated heterocycles. The standard InChI is InChI=1S/C15H14N2O2/c1-10-6-8-11(9-7-10)12-4-2-3-5-13(12)14-16-15(18)17-19-14/h2-9,14H,1H3,(H2,16,17,18). The molecule has 0 saturated carbocycles. The van der Waals surface area contributed by atoms with E-state index >= 15 is 0 Å². The molecule has 19 heavy (non-hydrogen) atoms. The first-order valence-electron chi connectivity index (χ1n) is 6.12. The maximum Gasteiger partial charge on any atom is 0.341 e. The van der Waals surface area contributed by atoms with Gasteiger partial charge in [-0.05, 0) is 18.1 Å². The molecule has 2 N–H and O–H groups in total. The van der Waals surface area contributed by atoms with Crippen molar-refractivity contribution in [3.63, 3.8) is 0 Å². The SMILES string of the molecule is Cc1ccc(-c2ccccc2C2NC(=O)NO2)cc1. The van der Waals surface area contributed by atoms with Crippen molar-refractivity contribution in [1.82, 2.24) is 10.8 Å². The predicted octanol–water partition coefficient (Wildman–Crippen LogP) is 2.91. The van der Waals surface area contributed by atoms with E-state index in [2.05, 4.69) is 42.0 Å². The molecule has 4 heteroatoms. The van der Waals surface area contributed by atoms with Gasteiger partial charge in [0.2, 0.25) is 0 Å². The number of aryl methyl sites for hydroxylation is 1. The van der Waals surface area contributed by atoms with Crippen LogP contribution in [-0.2, 0) is 4.84 Å². The van der Waals surface area contributed by atoms with E-state index in [1.807, 2.05) is 24.3 Å². The van der Waals surface area contributed by atoms with Crippen molar-refractivity contribution < 1.29 is 9.63 Å². The number of carbonyl (C=O) groups excluding carboxylic acids is 1. The second-order valence-electron chi connectivity index (χ2n) is 4.53. The smallest absolute Gasteiger partial charge is 0.305 e. The largest absolute Gasteiger partial charge is 0.341 e. The zero-order chi connectivity index (χ0) is 13.2. The Morgan fingerprint density at radius 3 is 2.47 bits per heavy atom. The van der Waals surface area contributed by atoms with E-state index in [4.69, 9.17) is 4.84 Å². The molecule has 2 aromatic rings. The molecule has 0 aromatic heterocycles. The summed E-state index contributed by atoms with van der Waals surface area (Å²) < 4.78 is 0. The van der Waals surface area contributed by atoms with Crippen LogP contribution >= 0.6 is 0 Å². The quantitative estimate of drug-likeness (QED) is 0.865. The van der Waals surface area contributed by atoms with Gasteiger partial charge in [0.05, 0.1) is 0 Å². The van der Waals surface area contributed by atoms with Gasteiger partial charge >= 0.3 is 6.03 Å². The van der Waals surface area contributed by atoms with Gasteiger partial charge in [-0.1, -0.05) is 54.1 Å². The number of hydroxylamine groups is 1. The first-order valence-corrected chi connectivity index (χ1v) is 6.12. The van der Waals surface area contributed by atoms with Crippen LogP contribution in [0.15, 0.2) is 48.5 Å². The molecule has 1 unspecified atom stereocenters. The highest BCUT2D eigenvalue weighted by atomic mass is 16.7. The fourth-order valence-corrected chi connectivity index (χ4v) is 2.15. The van der Waals surface area contributed by atoms with Crippen LogP contribution in [0.25, 0.3) is 11.1 Å². The summed E-state index contributed by atoms with van der Waals surface area (Å²) in [4.78, 5) is 16.4. The van der Waals surface area contributed by atoms with E-state index in [-0.39, 0.29) is 6.03 Å². The average molecular weight is 254 g/mol. The van der Waals surface area contributed by atoms with Gasteiger partial charge in [0.1, 0.15) is 0 Å². The molecule has 1 atom stereocenters. The van der Waals surface area contributed by atoms with Crippen LogP contribution in [0.3, 0.4) is 0 Å². The van der Waals surface area contributed by atoms with Crippen LogP contribution in [-0.4, -0.2) is 6.03 Å². The Balaban J connectivity index is 2.02. The number of carbonyl (C=O) groups is 1. The van der Waals surface area contributed by atoms with Crippen LogP contribution in [0.2, 0.25) is 0 Å². The van der Waals surface area contributed by atoms with Gasteiger partial charge in [0, 0.05) is 5.56 Å². The van der Waals surface area contributed by atoms with Crippen LogP contribution < -0.4 is 10.8 Å². The van der Waals surface area contributed by atoms with Crippen molar-refractivity contribution in [2.24, 2.45) is 0 Å². The van der Waals surface area contributed by atoms with Crippen molar-refractivity contribution in [3.8, 4) is 11.1 Å². The summed E-state index contributed by atoms with van der Waals surface area (Å²) in [6.07, 6.45) is -0.454.